The zero-order valence-electron chi connectivity index (χ0n) is 11.9. The van der Waals surface area contributed by atoms with Gasteiger partial charge in [-0.3, -0.25) is 4.79 Å². The van der Waals surface area contributed by atoms with Gasteiger partial charge in [0.1, 0.15) is 5.41 Å². The summed E-state index contributed by atoms with van der Waals surface area (Å²) in [4.78, 5) is 16.7. The topological polar surface area (TPSA) is 65.2 Å². The molecule has 1 fully saturated rings. The molecule has 1 aliphatic rings. The molecule has 0 bridgehead atoms. The van der Waals surface area contributed by atoms with Crippen LogP contribution in [0.15, 0.2) is 4.52 Å². The van der Waals surface area contributed by atoms with Crippen molar-refractivity contribution in [3.8, 4) is 0 Å². The van der Waals surface area contributed by atoms with E-state index < -0.39 is 5.41 Å². The number of carbonyl (C=O) groups excluding carboxylic acids is 1. The maximum absolute atomic E-state index is 12.3. The molecule has 1 aliphatic carbocycles. The number of hydrogen-bond donors (Lipinski definition) is 0. The molecule has 1 unspecified atom stereocenters. The van der Waals surface area contributed by atoms with Crippen molar-refractivity contribution in [2.75, 3.05) is 6.61 Å². The van der Waals surface area contributed by atoms with Crippen LogP contribution < -0.4 is 0 Å². The van der Waals surface area contributed by atoms with Gasteiger partial charge in [0.05, 0.1) is 6.61 Å². The minimum absolute atomic E-state index is 0.216. The van der Waals surface area contributed by atoms with E-state index in [1.807, 2.05) is 6.92 Å². The van der Waals surface area contributed by atoms with Crippen molar-refractivity contribution in [2.45, 2.75) is 64.2 Å². The van der Waals surface area contributed by atoms with Gasteiger partial charge in [-0.2, -0.15) is 4.98 Å². The Bertz CT molecular complexity index is 436. The van der Waals surface area contributed by atoms with Gasteiger partial charge in [0.2, 0.25) is 5.89 Å². The summed E-state index contributed by atoms with van der Waals surface area (Å²) in [6, 6.07) is 0. The van der Waals surface area contributed by atoms with Crippen LogP contribution in [0, 0.1) is 0 Å². The normalized spacial score (nSPS) is 19.3. The molecule has 0 spiro atoms. The first kappa shape index (κ1) is 14.0. The van der Waals surface area contributed by atoms with E-state index in [2.05, 4.69) is 24.0 Å². The lowest BCUT2D eigenvalue weighted by Crippen LogP contribution is -2.35. The highest BCUT2D eigenvalue weighted by atomic mass is 16.5. The maximum atomic E-state index is 12.3. The van der Waals surface area contributed by atoms with Gasteiger partial charge in [0.25, 0.3) is 0 Å². The summed E-state index contributed by atoms with van der Waals surface area (Å²) in [5.41, 5.74) is -0.700. The molecule has 106 valence electrons. The molecular formula is C14H22N2O3. The quantitative estimate of drug-likeness (QED) is 0.766. The molecule has 0 radical (unpaired) electrons. The molecule has 5 heteroatoms. The average Bonchev–Trinajstić information content (AvgIpc) is 3.07. The monoisotopic (exact) mass is 266 g/mol. The lowest BCUT2D eigenvalue weighted by Gasteiger charge is -2.21. The second-order valence-electron chi connectivity index (χ2n) is 5.28. The van der Waals surface area contributed by atoms with E-state index in [-0.39, 0.29) is 11.9 Å². The summed E-state index contributed by atoms with van der Waals surface area (Å²) in [5, 5.41) is 4.03. The van der Waals surface area contributed by atoms with E-state index in [0.29, 0.717) is 18.3 Å². The van der Waals surface area contributed by atoms with Crippen molar-refractivity contribution >= 4 is 5.97 Å². The molecular weight excluding hydrogens is 244 g/mol. The molecule has 0 N–H and O–H groups in total. The Morgan fingerprint density at radius 1 is 1.42 bits per heavy atom. The van der Waals surface area contributed by atoms with Gasteiger partial charge in [0.15, 0.2) is 5.82 Å². The molecule has 1 atom stereocenters. The summed E-state index contributed by atoms with van der Waals surface area (Å²) in [6.45, 7) is 6.34. The fourth-order valence-electron chi connectivity index (χ4n) is 2.57. The average molecular weight is 266 g/mol. The van der Waals surface area contributed by atoms with Crippen molar-refractivity contribution in [1.29, 1.82) is 0 Å². The van der Waals surface area contributed by atoms with Gasteiger partial charge >= 0.3 is 5.97 Å². The second-order valence-corrected chi connectivity index (χ2v) is 5.28. The van der Waals surface area contributed by atoms with Crippen LogP contribution in [0.2, 0.25) is 0 Å². The van der Waals surface area contributed by atoms with E-state index in [1.54, 1.807) is 0 Å². The number of hydrogen-bond acceptors (Lipinski definition) is 5. The van der Waals surface area contributed by atoms with Crippen LogP contribution in [-0.2, 0) is 14.9 Å². The second kappa shape index (κ2) is 5.72. The standard InChI is InChI=1S/C14H22N2O3/c1-4-10(3)11-15-12(19-16-11)14(8-6-7-9-14)13(17)18-5-2/h10H,4-9H2,1-3H3. The van der Waals surface area contributed by atoms with E-state index >= 15 is 0 Å². The lowest BCUT2D eigenvalue weighted by atomic mass is 9.86. The van der Waals surface area contributed by atoms with E-state index in [9.17, 15) is 4.79 Å². The predicted molar refractivity (Wildman–Crippen MR) is 69.8 cm³/mol. The highest BCUT2D eigenvalue weighted by molar-refractivity contribution is 5.82. The van der Waals surface area contributed by atoms with Gasteiger partial charge in [-0.05, 0) is 26.2 Å². The summed E-state index contributed by atoms with van der Waals surface area (Å²) < 4.78 is 10.6. The number of esters is 1. The Hall–Kier alpha value is -1.39. The van der Waals surface area contributed by atoms with E-state index in [4.69, 9.17) is 9.26 Å². The first-order valence-corrected chi connectivity index (χ1v) is 7.15. The Labute approximate surface area is 113 Å². The largest absolute Gasteiger partial charge is 0.465 e. The molecule has 1 aromatic heterocycles. The highest BCUT2D eigenvalue weighted by Crippen LogP contribution is 2.41. The van der Waals surface area contributed by atoms with E-state index in [1.165, 1.54) is 0 Å². The van der Waals surface area contributed by atoms with E-state index in [0.717, 1.165) is 32.1 Å². The number of rotatable bonds is 5. The molecule has 19 heavy (non-hydrogen) atoms. The summed E-state index contributed by atoms with van der Waals surface area (Å²) >= 11 is 0. The minimum Gasteiger partial charge on any atom is -0.465 e. The molecule has 1 saturated carbocycles. The Morgan fingerprint density at radius 2 is 2.11 bits per heavy atom. The smallest absolute Gasteiger partial charge is 0.321 e. The third kappa shape index (κ3) is 2.51. The fraction of sp³-hybridized carbons (Fsp3) is 0.786. The Kier molecular flexibility index (Phi) is 4.22. The number of ether oxygens (including phenoxy) is 1. The predicted octanol–water partition coefficient (Wildman–Crippen LogP) is 2.96. The summed E-state index contributed by atoms with van der Waals surface area (Å²) in [6.07, 6.45) is 4.44. The van der Waals surface area contributed by atoms with Crippen LogP contribution in [-0.4, -0.2) is 22.7 Å². The van der Waals surface area contributed by atoms with Gasteiger partial charge in [-0.1, -0.05) is 31.8 Å². The van der Waals surface area contributed by atoms with Crippen molar-refractivity contribution in [3.05, 3.63) is 11.7 Å². The first-order valence-electron chi connectivity index (χ1n) is 7.15. The van der Waals surface area contributed by atoms with Crippen LogP contribution in [0.3, 0.4) is 0 Å². The molecule has 1 aromatic rings. The molecule has 0 aliphatic heterocycles. The van der Waals surface area contributed by atoms with Crippen LogP contribution in [0.4, 0.5) is 0 Å². The third-order valence-corrected chi connectivity index (χ3v) is 4.03. The zero-order chi connectivity index (χ0) is 13.9. The van der Waals surface area contributed by atoms with Crippen molar-refractivity contribution in [1.82, 2.24) is 10.1 Å². The molecule has 1 heterocycles. The van der Waals surface area contributed by atoms with Gasteiger partial charge in [-0.15, -0.1) is 0 Å². The first-order chi connectivity index (χ1) is 9.14. The highest BCUT2D eigenvalue weighted by Gasteiger charge is 2.49. The molecule has 0 aromatic carbocycles. The molecule has 0 saturated heterocycles. The summed E-state index contributed by atoms with van der Waals surface area (Å²) in [5.74, 6) is 1.16. The van der Waals surface area contributed by atoms with Gasteiger partial charge < -0.3 is 9.26 Å². The van der Waals surface area contributed by atoms with Crippen molar-refractivity contribution < 1.29 is 14.1 Å². The fourth-order valence-corrected chi connectivity index (χ4v) is 2.57. The Balaban J connectivity index is 2.29. The Morgan fingerprint density at radius 3 is 2.68 bits per heavy atom. The lowest BCUT2D eigenvalue weighted by molar-refractivity contribution is -0.151. The minimum atomic E-state index is -0.700. The van der Waals surface area contributed by atoms with Crippen LogP contribution in [0.25, 0.3) is 0 Å². The SMILES string of the molecule is CCOC(=O)C1(c2nc(C(C)CC)no2)CCCC1. The zero-order valence-corrected chi connectivity index (χ0v) is 11.9. The van der Waals surface area contributed by atoms with Crippen LogP contribution in [0.1, 0.15) is 70.5 Å². The van der Waals surface area contributed by atoms with Crippen LogP contribution >= 0.6 is 0 Å². The van der Waals surface area contributed by atoms with Gasteiger partial charge in [0, 0.05) is 5.92 Å². The number of carbonyl (C=O) groups is 1. The maximum Gasteiger partial charge on any atom is 0.321 e. The van der Waals surface area contributed by atoms with Crippen LogP contribution in [0.5, 0.6) is 0 Å². The number of nitrogens with zero attached hydrogens (tertiary/aromatic N) is 2. The summed E-state index contributed by atoms with van der Waals surface area (Å²) in [7, 11) is 0. The van der Waals surface area contributed by atoms with Gasteiger partial charge in [-0.25, -0.2) is 0 Å². The third-order valence-electron chi connectivity index (χ3n) is 4.03. The molecule has 0 amide bonds. The number of aromatic nitrogens is 2. The van der Waals surface area contributed by atoms with Crippen molar-refractivity contribution in [2.24, 2.45) is 0 Å². The molecule has 2 rings (SSSR count). The molecule has 5 nitrogen and oxygen atoms in total. The van der Waals surface area contributed by atoms with Crippen molar-refractivity contribution in [3.63, 3.8) is 0 Å².